The molecular formula is C21H21NO5S. The van der Waals surface area contributed by atoms with Gasteiger partial charge in [-0.2, -0.15) is 0 Å². The van der Waals surface area contributed by atoms with Crippen molar-refractivity contribution >= 4 is 21.7 Å². The lowest BCUT2D eigenvalue weighted by Gasteiger charge is -2.27. The van der Waals surface area contributed by atoms with Crippen molar-refractivity contribution in [3.8, 4) is 0 Å². The molecule has 146 valence electrons. The first kappa shape index (κ1) is 19.8. The van der Waals surface area contributed by atoms with Gasteiger partial charge in [0.25, 0.3) is 5.91 Å². The van der Waals surface area contributed by atoms with E-state index in [4.69, 9.17) is 4.74 Å². The zero-order valence-electron chi connectivity index (χ0n) is 15.4. The Bertz CT molecular complexity index is 998. The van der Waals surface area contributed by atoms with E-state index < -0.39 is 34.4 Å². The molecule has 0 N–H and O–H groups in total. The monoisotopic (exact) mass is 399 g/mol. The van der Waals surface area contributed by atoms with E-state index in [1.165, 1.54) is 11.0 Å². The van der Waals surface area contributed by atoms with Crippen LogP contribution in [0.1, 0.15) is 21.5 Å². The van der Waals surface area contributed by atoms with Crippen LogP contribution in [0.2, 0.25) is 0 Å². The van der Waals surface area contributed by atoms with Gasteiger partial charge in [0.15, 0.2) is 16.4 Å². The SMILES string of the molecule is Cc1ccccc1C(=O)OCC(=O)N(Cc1ccccc1)[C@H]1C=CS(=O)(=O)C1. The van der Waals surface area contributed by atoms with Crippen LogP contribution in [-0.2, 0) is 25.9 Å². The molecule has 0 unspecified atom stereocenters. The third-order valence-corrected chi connectivity index (χ3v) is 5.90. The maximum atomic E-state index is 12.8. The molecule has 0 aliphatic carbocycles. The van der Waals surface area contributed by atoms with Crippen LogP contribution in [0.4, 0.5) is 0 Å². The van der Waals surface area contributed by atoms with Crippen molar-refractivity contribution in [1.82, 2.24) is 4.90 Å². The predicted octanol–water partition coefficient (Wildman–Crippen LogP) is 2.49. The molecule has 0 spiro atoms. The Balaban J connectivity index is 1.72. The number of ether oxygens (including phenoxy) is 1. The lowest BCUT2D eigenvalue weighted by molar-refractivity contribution is -0.136. The number of carbonyl (C=O) groups excluding carboxylic acids is 2. The molecule has 2 aromatic carbocycles. The van der Waals surface area contributed by atoms with Gasteiger partial charge in [-0.15, -0.1) is 0 Å². The van der Waals surface area contributed by atoms with Gasteiger partial charge < -0.3 is 9.64 Å². The summed E-state index contributed by atoms with van der Waals surface area (Å²) in [6, 6.07) is 15.6. The van der Waals surface area contributed by atoms with E-state index in [9.17, 15) is 18.0 Å². The van der Waals surface area contributed by atoms with Crippen LogP contribution < -0.4 is 0 Å². The Kier molecular flexibility index (Phi) is 5.94. The average Bonchev–Trinajstić information content (AvgIpc) is 3.04. The van der Waals surface area contributed by atoms with Crippen molar-refractivity contribution in [2.24, 2.45) is 0 Å². The van der Waals surface area contributed by atoms with Crippen molar-refractivity contribution in [2.75, 3.05) is 12.4 Å². The van der Waals surface area contributed by atoms with Crippen LogP contribution in [0.15, 0.2) is 66.1 Å². The second kappa shape index (κ2) is 8.39. The smallest absolute Gasteiger partial charge is 0.338 e. The first-order valence-electron chi connectivity index (χ1n) is 8.83. The van der Waals surface area contributed by atoms with Gasteiger partial charge in [0.2, 0.25) is 0 Å². The van der Waals surface area contributed by atoms with Crippen LogP contribution in [0.5, 0.6) is 0 Å². The Labute approximate surface area is 164 Å². The van der Waals surface area contributed by atoms with Crippen molar-refractivity contribution in [3.63, 3.8) is 0 Å². The highest BCUT2D eigenvalue weighted by Gasteiger charge is 2.31. The van der Waals surface area contributed by atoms with E-state index in [1.807, 2.05) is 36.4 Å². The molecule has 0 aromatic heterocycles. The van der Waals surface area contributed by atoms with E-state index in [0.717, 1.165) is 16.5 Å². The Hall–Kier alpha value is -2.93. The zero-order valence-corrected chi connectivity index (χ0v) is 16.3. The number of hydrogen-bond acceptors (Lipinski definition) is 5. The fraction of sp³-hybridized carbons (Fsp3) is 0.238. The molecule has 0 bridgehead atoms. The highest BCUT2D eigenvalue weighted by molar-refractivity contribution is 7.94. The largest absolute Gasteiger partial charge is 0.452 e. The highest BCUT2D eigenvalue weighted by atomic mass is 32.2. The maximum Gasteiger partial charge on any atom is 0.338 e. The number of esters is 1. The van der Waals surface area contributed by atoms with Gasteiger partial charge in [-0.25, -0.2) is 13.2 Å². The summed E-state index contributed by atoms with van der Waals surface area (Å²) in [5.74, 6) is -1.20. The summed E-state index contributed by atoms with van der Waals surface area (Å²) in [6.07, 6.45) is 1.50. The summed E-state index contributed by atoms with van der Waals surface area (Å²) in [5.41, 5.74) is 2.01. The molecule has 7 heteroatoms. The zero-order chi connectivity index (χ0) is 20.1. The number of amides is 1. The number of aryl methyl sites for hydroxylation is 1. The highest BCUT2D eigenvalue weighted by Crippen LogP contribution is 2.18. The van der Waals surface area contributed by atoms with Crippen LogP contribution in [0.3, 0.4) is 0 Å². The lowest BCUT2D eigenvalue weighted by atomic mass is 10.1. The van der Waals surface area contributed by atoms with Crippen LogP contribution in [0, 0.1) is 6.92 Å². The second-order valence-electron chi connectivity index (χ2n) is 6.62. The molecule has 0 saturated heterocycles. The second-order valence-corrected chi connectivity index (χ2v) is 8.55. The van der Waals surface area contributed by atoms with Crippen LogP contribution in [-0.4, -0.2) is 43.6 Å². The molecule has 3 rings (SSSR count). The molecule has 1 amide bonds. The van der Waals surface area contributed by atoms with Gasteiger partial charge in [0.1, 0.15) is 0 Å². The predicted molar refractivity (Wildman–Crippen MR) is 105 cm³/mol. The summed E-state index contributed by atoms with van der Waals surface area (Å²) in [7, 11) is -3.33. The Morgan fingerprint density at radius 3 is 2.39 bits per heavy atom. The molecule has 0 saturated carbocycles. The molecule has 0 fully saturated rings. The minimum Gasteiger partial charge on any atom is -0.452 e. The van der Waals surface area contributed by atoms with E-state index in [-0.39, 0.29) is 12.3 Å². The molecular weight excluding hydrogens is 378 g/mol. The summed E-state index contributed by atoms with van der Waals surface area (Å²) in [6.45, 7) is 1.56. The first-order chi connectivity index (χ1) is 13.4. The molecule has 6 nitrogen and oxygen atoms in total. The number of carbonyl (C=O) groups is 2. The van der Waals surface area contributed by atoms with Gasteiger partial charge in [-0.3, -0.25) is 4.79 Å². The summed E-state index contributed by atoms with van der Waals surface area (Å²) in [4.78, 5) is 26.5. The normalized spacial score (nSPS) is 17.2. The quantitative estimate of drug-likeness (QED) is 0.697. The number of nitrogens with zero attached hydrogens (tertiary/aromatic N) is 1. The molecule has 2 aromatic rings. The van der Waals surface area contributed by atoms with E-state index in [0.29, 0.717) is 5.56 Å². The molecule has 1 atom stereocenters. The first-order valence-corrected chi connectivity index (χ1v) is 10.5. The van der Waals surface area contributed by atoms with E-state index in [1.54, 1.807) is 25.1 Å². The summed E-state index contributed by atoms with van der Waals surface area (Å²) >= 11 is 0. The van der Waals surface area contributed by atoms with Gasteiger partial charge >= 0.3 is 5.97 Å². The standard InChI is InChI=1S/C21H21NO5S/c1-16-7-5-6-10-19(16)21(24)27-14-20(23)22(13-17-8-3-2-4-9-17)18-11-12-28(25,26)15-18/h2-12,18H,13-15H2,1H3/t18-/m0/s1. The van der Waals surface area contributed by atoms with Crippen molar-refractivity contribution in [3.05, 3.63) is 82.8 Å². The third kappa shape index (κ3) is 4.86. The minimum absolute atomic E-state index is 0.169. The fourth-order valence-corrected chi connectivity index (χ4v) is 4.31. The maximum absolute atomic E-state index is 12.8. The van der Waals surface area contributed by atoms with Gasteiger partial charge in [-0.1, -0.05) is 48.5 Å². The van der Waals surface area contributed by atoms with Crippen LogP contribution >= 0.6 is 0 Å². The molecule has 28 heavy (non-hydrogen) atoms. The Morgan fingerprint density at radius 2 is 1.75 bits per heavy atom. The number of benzene rings is 2. The lowest BCUT2D eigenvalue weighted by Crippen LogP contribution is -2.42. The minimum atomic E-state index is -3.33. The number of rotatable bonds is 6. The molecule has 1 aliphatic rings. The topological polar surface area (TPSA) is 80.8 Å². The third-order valence-electron chi connectivity index (χ3n) is 4.52. The molecule has 1 aliphatic heterocycles. The van der Waals surface area contributed by atoms with Gasteiger partial charge in [-0.05, 0) is 30.2 Å². The summed E-state index contributed by atoms with van der Waals surface area (Å²) < 4.78 is 28.8. The van der Waals surface area contributed by atoms with E-state index in [2.05, 4.69) is 0 Å². The van der Waals surface area contributed by atoms with Gasteiger partial charge in [0.05, 0.1) is 17.4 Å². The van der Waals surface area contributed by atoms with Crippen molar-refractivity contribution < 1.29 is 22.7 Å². The fourth-order valence-electron chi connectivity index (χ4n) is 3.01. The Morgan fingerprint density at radius 1 is 1.07 bits per heavy atom. The van der Waals surface area contributed by atoms with Crippen molar-refractivity contribution in [2.45, 2.75) is 19.5 Å². The number of hydrogen-bond donors (Lipinski definition) is 0. The van der Waals surface area contributed by atoms with Crippen molar-refractivity contribution in [1.29, 1.82) is 0 Å². The summed E-state index contributed by atoms with van der Waals surface area (Å²) in [5, 5.41) is 1.13. The molecule has 1 heterocycles. The van der Waals surface area contributed by atoms with Crippen LogP contribution in [0.25, 0.3) is 0 Å². The molecule has 0 radical (unpaired) electrons. The number of sulfone groups is 1. The van der Waals surface area contributed by atoms with E-state index >= 15 is 0 Å². The average molecular weight is 399 g/mol. The van der Waals surface area contributed by atoms with Gasteiger partial charge in [0, 0.05) is 12.0 Å².